The minimum Gasteiger partial charge on any atom is -0.488 e. The Kier molecular flexibility index (Phi) is 6.62. The molecule has 1 aliphatic heterocycles. The largest absolute Gasteiger partial charge is 0.488 e. The van der Waals surface area contributed by atoms with Crippen LogP contribution in [0.4, 0.5) is 25.4 Å². The number of halogens is 1. The summed E-state index contributed by atoms with van der Waals surface area (Å²) in [6.45, 7) is 8.10. The summed E-state index contributed by atoms with van der Waals surface area (Å²) in [6, 6.07) is 6.93. The van der Waals surface area contributed by atoms with Gasteiger partial charge in [-0.1, -0.05) is 0 Å². The van der Waals surface area contributed by atoms with E-state index in [4.69, 9.17) is 9.47 Å². The number of pyridine rings is 1. The highest BCUT2D eigenvalue weighted by Crippen LogP contribution is 2.25. The molecule has 0 aliphatic carbocycles. The van der Waals surface area contributed by atoms with Gasteiger partial charge in [0.15, 0.2) is 0 Å². The lowest BCUT2D eigenvalue weighted by molar-refractivity contribution is 0.0275. The summed E-state index contributed by atoms with van der Waals surface area (Å²) < 4.78 is 25.3. The van der Waals surface area contributed by atoms with Crippen LogP contribution < -0.4 is 15.4 Å². The van der Waals surface area contributed by atoms with Gasteiger partial charge in [-0.2, -0.15) is 0 Å². The Morgan fingerprint density at radius 1 is 1.16 bits per heavy atom. The topological polar surface area (TPSA) is 92.8 Å². The van der Waals surface area contributed by atoms with Gasteiger partial charge in [0.05, 0.1) is 18.4 Å². The summed E-state index contributed by atoms with van der Waals surface area (Å²) in [6.07, 6.45) is 1.43. The number of anilines is 2. The molecular formula is C22H27FN4O4. The molecule has 0 saturated carbocycles. The van der Waals surface area contributed by atoms with E-state index in [1.165, 1.54) is 24.4 Å². The SMILES string of the molecule is Cc1ccc(NC(=O)Nc2cc(F)cc(O[C@@H]3CCN(C(=O)OC(C)(C)C)C3)c2)cn1. The van der Waals surface area contributed by atoms with E-state index in [9.17, 15) is 14.0 Å². The molecule has 1 aliphatic rings. The number of benzene rings is 1. The quantitative estimate of drug-likeness (QED) is 0.742. The highest BCUT2D eigenvalue weighted by atomic mass is 19.1. The Labute approximate surface area is 180 Å². The van der Waals surface area contributed by atoms with E-state index in [0.29, 0.717) is 25.2 Å². The monoisotopic (exact) mass is 430 g/mol. The second-order valence-corrected chi connectivity index (χ2v) is 8.40. The number of hydrogen-bond donors (Lipinski definition) is 2. The highest BCUT2D eigenvalue weighted by Gasteiger charge is 2.31. The van der Waals surface area contributed by atoms with Crippen molar-refractivity contribution < 1.29 is 23.5 Å². The zero-order valence-corrected chi connectivity index (χ0v) is 18.1. The van der Waals surface area contributed by atoms with Gasteiger partial charge in [0.1, 0.15) is 23.3 Å². The summed E-state index contributed by atoms with van der Waals surface area (Å²) in [4.78, 5) is 30.1. The Morgan fingerprint density at radius 3 is 2.58 bits per heavy atom. The average Bonchev–Trinajstić information content (AvgIpc) is 3.10. The number of likely N-dealkylation sites (tertiary alicyclic amines) is 1. The van der Waals surface area contributed by atoms with Crippen molar-refractivity contribution in [1.82, 2.24) is 9.88 Å². The smallest absolute Gasteiger partial charge is 0.410 e. The maximum atomic E-state index is 14.1. The van der Waals surface area contributed by atoms with Gasteiger partial charge in [0.2, 0.25) is 0 Å². The maximum Gasteiger partial charge on any atom is 0.410 e. The summed E-state index contributed by atoms with van der Waals surface area (Å²) in [7, 11) is 0. The third-order valence-corrected chi connectivity index (χ3v) is 4.40. The first-order valence-corrected chi connectivity index (χ1v) is 10.0. The van der Waals surface area contributed by atoms with E-state index in [0.717, 1.165) is 5.69 Å². The third kappa shape index (κ3) is 6.84. The molecule has 0 bridgehead atoms. The summed E-state index contributed by atoms with van der Waals surface area (Å²) >= 11 is 0. The fraction of sp³-hybridized carbons (Fsp3) is 0.409. The second kappa shape index (κ2) is 9.20. The number of ether oxygens (including phenoxy) is 2. The van der Waals surface area contributed by atoms with Crippen LogP contribution in [0.5, 0.6) is 5.75 Å². The van der Waals surface area contributed by atoms with Gasteiger partial charge in [-0.05, 0) is 45.9 Å². The molecule has 0 spiro atoms. The lowest BCUT2D eigenvalue weighted by Gasteiger charge is -2.24. The molecule has 31 heavy (non-hydrogen) atoms. The molecule has 0 unspecified atom stereocenters. The van der Waals surface area contributed by atoms with E-state index in [2.05, 4.69) is 15.6 Å². The van der Waals surface area contributed by atoms with Gasteiger partial charge in [0.25, 0.3) is 0 Å². The molecule has 1 saturated heterocycles. The first kappa shape index (κ1) is 22.3. The second-order valence-electron chi connectivity index (χ2n) is 8.40. The number of carbonyl (C=O) groups is 2. The van der Waals surface area contributed by atoms with Gasteiger partial charge < -0.3 is 25.0 Å². The van der Waals surface area contributed by atoms with Crippen molar-refractivity contribution in [2.24, 2.45) is 0 Å². The predicted molar refractivity (Wildman–Crippen MR) is 115 cm³/mol. The molecule has 3 amide bonds. The van der Waals surface area contributed by atoms with E-state index < -0.39 is 23.5 Å². The number of nitrogens with zero attached hydrogens (tertiary/aromatic N) is 2. The van der Waals surface area contributed by atoms with Gasteiger partial charge in [-0.3, -0.25) is 4.98 Å². The fourth-order valence-electron chi connectivity index (χ4n) is 3.05. The lowest BCUT2D eigenvalue weighted by atomic mass is 10.2. The van der Waals surface area contributed by atoms with Crippen molar-refractivity contribution in [1.29, 1.82) is 0 Å². The molecule has 2 aromatic rings. The summed E-state index contributed by atoms with van der Waals surface area (Å²) in [5.41, 5.74) is 1.02. The van der Waals surface area contributed by atoms with Gasteiger partial charge in [-0.15, -0.1) is 0 Å². The molecular weight excluding hydrogens is 403 g/mol. The van der Waals surface area contributed by atoms with Crippen LogP contribution in [0.25, 0.3) is 0 Å². The van der Waals surface area contributed by atoms with Gasteiger partial charge >= 0.3 is 12.1 Å². The number of carbonyl (C=O) groups excluding carboxylic acids is 2. The fourth-order valence-corrected chi connectivity index (χ4v) is 3.05. The Bertz CT molecular complexity index is 944. The molecule has 166 valence electrons. The lowest BCUT2D eigenvalue weighted by Crippen LogP contribution is -2.36. The molecule has 1 fully saturated rings. The van der Waals surface area contributed by atoms with Gasteiger partial charge in [0, 0.05) is 36.5 Å². The normalized spacial score (nSPS) is 16.0. The molecule has 1 aromatic heterocycles. The highest BCUT2D eigenvalue weighted by molar-refractivity contribution is 5.99. The number of rotatable bonds is 4. The number of amides is 3. The number of aromatic nitrogens is 1. The molecule has 2 N–H and O–H groups in total. The van der Waals surface area contributed by atoms with Crippen molar-refractivity contribution >= 4 is 23.5 Å². The Hall–Kier alpha value is -3.36. The van der Waals surface area contributed by atoms with Crippen LogP contribution in [0.2, 0.25) is 0 Å². The first-order valence-electron chi connectivity index (χ1n) is 10.0. The van der Waals surface area contributed by atoms with Crippen molar-refractivity contribution in [2.75, 3.05) is 23.7 Å². The molecule has 1 atom stereocenters. The molecule has 9 heteroatoms. The van der Waals surface area contributed by atoms with Crippen LogP contribution in [0.15, 0.2) is 36.5 Å². The zero-order chi connectivity index (χ0) is 22.6. The zero-order valence-electron chi connectivity index (χ0n) is 18.1. The number of hydrogen-bond acceptors (Lipinski definition) is 5. The van der Waals surface area contributed by atoms with Crippen LogP contribution in [-0.4, -0.2) is 46.8 Å². The molecule has 3 rings (SSSR count). The van der Waals surface area contributed by atoms with Crippen molar-refractivity contribution in [3.63, 3.8) is 0 Å². The van der Waals surface area contributed by atoms with Crippen molar-refractivity contribution in [2.45, 2.75) is 45.8 Å². The molecule has 1 aromatic carbocycles. The van der Waals surface area contributed by atoms with Crippen LogP contribution in [0.1, 0.15) is 32.9 Å². The van der Waals surface area contributed by atoms with Crippen LogP contribution >= 0.6 is 0 Å². The van der Waals surface area contributed by atoms with Crippen molar-refractivity contribution in [3.8, 4) is 5.75 Å². The number of urea groups is 1. The molecule has 8 nitrogen and oxygen atoms in total. The number of nitrogens with one attached hydrogen (secondary N) is 2. The minimum absolute atomic E-state index is 0.245. The van der Waals surface area contributed by atoms with E-state index in [1.807, 2.05) is 27.7 Å². The maximum absolute atomic E-state index is 14.1. The van der Waals surface area contributed by atoms with E-state index in [1.54, 1.807) is 17.0 Å². The van der Waals surface area contributed by atoms with Crippen LogP contribution in [0.3, 0.4) is 0 Å². The van der Waals surface area contributed by atoms with E-state index in [-0.39, 0.29) is 17.5 Å². The summed E-state index contributed by atoms with van der Waals surface area (Å²) in [5.74, 6) is -0.282. The number of aryl methyl sites for hydroxylation is 1. The first-order chi connectivity index (χ1) is 14.6. The van der Waals surface area contributed by atoms with Gasteiger partial charge in [-0.25, -0.2) is 14.0 Å². The van der Waals surface area contributed by atoms with E-state index >= 15 is 0 Å². The molecule has 0 radical (unpaired) electrons. The Balaban J connectivity index is 1.58. The standard InChI is InChI=1S/C22H27FN4O4/c1-14-5-6-16(12-24-14)25-20(28)26-17-9-15(23)10-19(11-17)30-18-7-8-27(13-18)21(29)31-22(2,3)4/h5-6,9-12,18H,7-8,13H2,1-4H3,(H2,25,26,28)/t18-/m1/s1. The average molecular weight is 430 g/mol. The predicted octanol–water partition coefficient (Wildman–Crippen LogP) is 4.56. The minimum atomic E-state index is -0.575. The summed E-state index contributed by atoms with van der Waals surface area (Å²) in [5, 5.41) is 5.21. The van der Waals surface area contributed by atoms with Crippen LogP contribution in [0, 0.1) is 12.7 Å². The molecule has 2 heterocycles. The van der Waals surface area contributed by atoms with Crippen molar-refractivity contribution in [3.05, 3.63) is 48.0 Å². The van der Waals surface area contributed by atoms with Crippen LogP contribution in [-0.2, 0) is 4.74 Å². The third-order valence-electron chi connectivity index (χ3n) is 4.40. The Morgan fingerprint density at radius 2 is 1.90 bits per heavy atom.